The molecule has 1 N–H and O–H groups in total. The Morgan fingerprint density at radius 2 is 2.29 bits per heavy atom. The monoisotopic (exact) mass is 306 g/mol. The van der Waals surface area contributed by atoms with Gasteiger partial charge in [0.15, 0.2) is 0 Å². The molecule has 0 fully saturated rings. The summed E-state index contributed by atoms with van der Waals surface area (Å²) in [7, 11) is 3.67. The Kier molecular flexibility index (Phi) is 4.67. The number of nitrogens with one attached hydrogen (secondary N) is 1. The Bertz CT molecular complexity index is 569. The van der Waals surface area contributed by atoms with Crippen LogP contribution in [-0.4, -0.2) is 35.0 Å². The summed E-state index contributed by atoms with van der Waals surface area (Å²) in [6, 6.07) is 0.115. The molecule has 0 aliphatic heterocycles. The number of hydrogen-bond donors (Lipinski definition) is 1. The molecule has 2 heterocycles. The third-order valence-electron chi connectivity index (χ3n) is 3.82. The van der Waals surface area contributed by atoms with Crippen molar-refractivity contribution in [2.45, 2.75) is 31.7 Å². The van der Waals surface area contributed by atoms with Crippen molar-refractivity contribution in [3.05, 3.63) is 33.5 Å². The van der Waals surface area contributed by atoms with Gasteiger partial charge in [0, 0.05) is 37.3 Å². The molecule has 1 atom stereocenters. The molecule has 1 aliphatic rings. The van der Waals surface area contributed by atoms with Crippen LogP contribution in [0.1, 0.15) is 40.0 Å². The van der Waals surface area contributed by atoms with Gasteiger partial charge in [-0.2, -0.15) is 5.10 Å². The number of nitrogens with zero attached hydrogens (tertiary/aromatic N) is 3. The molecule has 0 saturated heterocycles. The zero-order valence-corrected chi connectivity index (χ0v) is 13.4. The molecule has 0 spiro atoms. The van der Waals surface area contributed by atoms with Crippen molar-refractivity contribution in [1.29, 1.82) is 0 Å². The molecule has 0 aromatic carbocycles. The van der Waals surface area contributed by atoms with E-state index in [1.54, 1.807) is 7.11 Å². The fourth-order valence-corrected chi connectivity index (χ4v) is 4.00. The predicted molar refractivity (Wildman–Crippen MR) is 83.7 cm³/mol. The molecule has 1 aliphatic carbocycles. The topological polar surface area (TPSA) is 52.0 Å². The lowest BCUT2D eigenvalue weighted by Crippen LogP contribution is -2.25. The summed E-state index contributed by atoms with van der Waals surface area (Å²) in [5.41, 5.74) is 2.48. The van der Waals surface area contributed by atoms with Crippen LogP contribution in [0.3, 0.4) is 0 Å². The van der Waals surface area contributed by atoms with E-state index in [1.807, 2.05) is 29.3 Å². The first-order chi connectivity index (χ1) is 10.3. The van der Waals surface area contributed by atoms with E-state index >= 15 is 0 Å². The number of rotatable bonds is 6. The van der Waals surface area contributed by atoms with Crippen LogP contribution in [-0.2, 0) is 24.6 Å². The van der Waals surface area contributed by atoms with Crippen LogP contribution in [0.2, 0.25) is 0 Å². The Morgan fingerprint density at radius 1 is 1.43 bits per heavy atom. The normalized spacial score (nSPS) is 15.9. The maximum Gasteiger partial charge on any atom is 0.115 e. The number of aryl methyl sites for hydroxylation is 3. The van der Waals surface area contributed by atoms with Crippen LogP contribution in [0.15, 0.2) is 12.4 Å². The lowest BCUT2D eigenvalue weighted by molar-refractivity contribution is 0.197. The van der Waals surface area contributed by atoms with Gasteiger partial charge in [0.2, 0.25) is 0 Å². The van der Waals surface area contributed by atoms with Gasteiger partial charge in [-0.3, -0.25) is 4.68 Å². The van der Waals surface area contributed by atoms with E-state index in [0.29, 0.717) is 6.61 Å². The molecule has 5 nitrogen and oxygen atoms in total. The minimum absolute atomic E-state index is 0.115. The molecule has 0 saturated carbocycles. The third kappa shape index (κ3) is 3.33. The first-order valence-corrected chi connectivity index (χ1v) is 8.29. The number of hydrogen-bond acceptors (Lipinski definition) is 5. The third-order valence-corrected chi connectivity index (χ3v) is 5.04. The summed E-state index contributed by atoms with van der Waals surface area (Å²) < 4.78 is 6.99. The highest BCUT2D eigenvalue weighted by Crippen LogP contribution is 2.32. The van der Waals surface area contributed by atoms with E-state index in [9.17, 15) is 0 Å². The summed E-state index contributed by atoms with van der Waals surface area (Å²) in [5.74, 6) is 0. The zero-order valence-electron chi connectivity index (χ0n) is 12.6. The van der Waals surface area contributed by atoms with Gasteiger partial charge in [0.1, 0.15) is 5.01 Å². The summed E-state index contributed by atoms with van der Waals surface area (Å²) in [4.78, 5) is 6.36. The summed E-state index contributed by atoms with van der Waals surface area (Å²) >= 11 is 1.85. The van der Waals surface area contributed by atoms with Crippen LogP contribution in [0, 0.1) is 0 Å². The molecule has 0 bridgehead atoms. The van der Waals surface area contributed by atoms with Gasteiger partial charge in [-0.15, -0.1) is 11.3 Å². The second-order valence-corrected chi connectivity index (χ2v) is 6.57. The molecule has 2 aromatic rings. The minimum atomic E-state index is 0.115. The predicted octanol–water partition coefficient (Wildman–Crippen LogP) is 2.08. The van der Waals surface area contributed by atoms with Gasteiger partial charge < -0.3 is 10.1 Å². The number of ether oxygens (including phenoxy) is 1. The molecular weight excluding hydrogens is 284 g/mol. The smallest absolute Gasteiger partial charge is 0.115 e. The van der Waals surface area contributed by atoms with Crippen molar-refractivity contribution < 1.29 is 4.74 Å². The molecule has 21 heavy (non-hydrogen) atoms. The van der Waals surface area contributed by atoms with Crippen LogP contribution in [0.25, 0.3) is 0 Å². The molecule has 2 aromatic heterocycles. The molecule has 0 radical (unpaired) electrons. The standard InChI is InChI=1S/C15H22N4OS/c1-19-10-11(9-17-19)14(16-7-8-20-2)15-18-12-5-3-4-6-13(12)21-15/h9-10,14,16H,3-8H2,1-2H3. The largest absolute Gasteiger partial charge is 0.383 e. The van der Waals surface area contributed by atoms with Crippen molar-refractivity contribution in [2.75, 3.05) is 20.3 Å². The van der Waals surface area contributed by atoms with E-state index in [-0.39, 0.29) is 6.04 Å². The number of fused-ring (bicyclic) bond motifs is 1. The Labute approximate surface area is 129 Å². The Balaban J connectivity index is 1.85. The highest BCUT2D eigenvalue weighted by atomic mass is 32.1. The second-order valence-electron chi connectivity index (χ2n) is 5.46. The Morgan fingerprint density at radius 3 is 3.00 bits per heavy atom. The van der Waals surface area contributed by atoms with E-state index in [0.717, 1.165) is 18.0 Å². The van der Waals surface area contributed by atoms with Crippen LogP contribution in [0.4, 0.5) is 0 Å². The first-order valence-electron chi connectivity index (χ1n) is 7.47. The fourth-order valence-electron chi connectivity index (χ4n) is 2.74. The molecular formula is C15H22N4OS. The number of methoxy groups -OCH3 is 1. The van der Waals surface area contributed by atoms with E-state index < -0.39 is 0 Å². The first kappa shape index (κ1) is 14.7. The maximum atomic E-state index is 5.15. The maximum absolute atomic E-state index is 5.15. The lowest BCUT2D eigenvalue weighted by atomic mass is 10.0. The summed E-state index contributed by atoms with van der Waals surface area (Å²) in [6.07, 6.45) is 8.86. The minimum Gasteiger partial charge on any atom is -0.383 e. The van der Waals surface area contributed by atoms with Gasteiger partial charge in [-0.05, 0) is 25.7 Å². The average molecular weight is 306 g/mol. The SMILES string of the molecule is COCCNC(c1cnn(C)c1)c1nc2c(s1)CCCC2. The zero-order chi connectivity index (χ0) is 14.7. The van der Waals surface area contributed by atoms with Crippen molar-refractivity contribution in [3.8, 4) is 0 Å². The van der Waals surface area contributed by atoms with Gasteiger partial charge in [-0.25, -0.2) is 4.98 Å². The van der Waals surface area contributed by atoms with Crippen molar-refractivity contribution in [3.63, 3.8) is 0 Å². The fraction of sp³-hybridized carbons (Fsp3) is 0.600. The quantitative estimate of drug-likeness (QED) is 0.830. The van der Waals surface area contributed by atoms with Crippen LogP contribution in [0.5, 0.6) is 0 Å². The van der Waals surface area contributed by atoms with Gasteiger partial charge >= 0.3 is 0 Å². The van der Waals surface area contributed by atoms with E-state index in [4.69, 9.17) is 9.72 Å². The van der Waals surface area contributed by atoms with Gasteiger partial charge in [-0.1, -0.05) is 0 Å². The Hall–Kier alpha value is -1.24. The van der Waals surface area contributed by atoms with Crippen LogP contribution < -0.4 is 5.32 Å². The van der Waals surface area contributed by atoms with Crippen molar-refractivity contribution >= 4 is 11.3 Å². The van der Waals surface area contributed by atoms with Crippen LogP contribution >= 0.6 is 11.3 Å². The molecule has 3 rings (SSSR count). The highest BCUT2D eigenvalue weighted by molar-refractivity contribution is 7.11. The van der Waals surface area contributed by atoms with Gasteiger partial charge in [0.05, 0.1) is 24.5 Å². The van der Waals surface area contributed by atoms with E-state index in [2.05, 4.69) is 16.6 Å². The van der Waals surface area contributed by atoms with Gasteiger partial charge in [0.25, 0.3) is 0 Å². The van der Waals surface area contributed by atoms with Crippen molar-refractivity contribution in [2.24, 2.45) is 7.05 Å². The number of aromatic nitrogens is 3. The summed E-state index contributed by atoms with van der Waals surface area (Å²) in [5, 5.41) is 9.00. The molecule has 6 heteroatoms. The second kappa shape index (κ2) is 6.68. The summed E-state index contributed by atoms with van der Waals surface area (Å²) in [6.45, 7) is 1.50. The molecule has 0 amide bonds. The van der Waals surface area contributed by atoms with E-state index in [1.165, 1.54) is 35.4 Å². The molecule has 114 valence electrons. The highest BCUT2D eigenvalue weighted by Gasteiger charge is 2.22. The number of thiazole rings is 1. The average Bonchev–Trinajstić information content (AvgIpc) is 3.09. The van der Waals surface area contributed by atoms with Crippen molar-refractivity contribution in [1.82, 2.24) is 20.1 Å². The molecule has 1 unspecified atom stereocenters. The lowest BCUT2D eigenvalue weighted by Gasteiger charge is -2.14.